The Labute approximate surface area is 152 Å². The van der Waals surface area contributed by atoms with E-state index in [2.05, 4.69) is 20.3 Å². The van der Waals surface area contributed by atoms with E-state index in [1.807, 2.05) is 47.0 Å². The highest BCUT2D eigenvalue weighted by Gasteiger charge is 2.12. The van der Waals surface area contributed by atoms with Crippen molar-refractivity contribution in [3.05, 3.63) is 71.8 Å². The molecule has 0 aliphatic carbocycles. The Morgan fingerprint density at radius 3 is 2.64 bits per heavy atom. The normalized spacial score (nSPS) is 10.9. The van der Waals surface area contributed by atoms with Gasteiger partial charge in [-0.15, -0.1) is 10.2 Å². The lowest BCUT2D eigenvalue weighted by Gasteiger charge is -2.04. The topological polar surface area (TPSA) is 69.6 Å². The van der Waals surface area contributed by atoms with Crippen LogP contribution in [-0.2, 0) is 5.75 Å². The minimum absolute atomic E-state index is 0.506. The molecule has 0 amide bonds. The van der Waals surface area contributed by atoms with E-state index in [1.54, 1.807) is 18.5 Å². The van der Waals surface area contributed by atoms with E-state index in [0.29, 0.717) is 22.5 Å². The number of para-hydroxylation sites is 1. The summed E-state index contributed by atoms with van der Waals surface area (Å²) < 4.78 is 7.24. The van der Waals surface area contributed by atoms with Crippen LogP contribution in [0.5, 0.6) is 0 Å². The van der Waals surface area contributed by atoms with Crippen LogP contribution in [0, 0.1) is 0 Å². The second-order valence-corrected chi connectivity index (χ2v) is 6.51. The van der Waals surface area contributed by atoms with Crippen molar-refractivity contribution in [2.75, 3.05) is 0 Å². The van der Waals surface area contributed by atoms with E-state index in [4.69, 9.17) is 16.1 Å². The first-order valence-electron chi connectivity index (χ1n) is 7.46. The number of rotatable bonds is 5. The van der Waals surface area contributed by atoms with Crippen LogP contribution in [0.3, 0.4) is 0 Å². The molecule has 0 saturated heterocycles. The van der Waals surface area contributed by atoms with Gasteiger partial charge in [0, 0.05) is 16.3 Å². The van der Waals surface area contributed by atoms with E-state index < -0.39 is 0 Å². The van der Waals surface area contributed by atoms with Gasteiger partial charge in [-0.3, -0.25) is 4.57 Å². The first kappa shape index (κ1) is 15.9. The Kier molecular flexibility index (Phi) is 4.49. The zero-order chi connectivity index (χ0) is 17.1. The number of thioether (sulfide) groups is 1. The molecule has 2 aromatic carbocycles. The summed E-state index contributed by atoms with van der Waals surface area (Å²) in [5.41, 5.74) is 1.86. The molecule has 124 valence electrons. The van der Waals surface area contributed by atoms with Crippen LogP contribution in [0.4, 0.5) is 0 Å². The third-order valence-electron chi connectivity index (χ3n) is 3.45. The Hall–Kier alpha value is -2.64. The van der Waals surface area contributed by atoms with Crippen LogP contribution in [-0.4, -0.2) is 24.9 Å². The quantitative estimate of drug-likeness (QED) is 0.489. The summed E-state index contributed by atoms with van der Waals surface area (Å²) in [6.45, 7) is 0. The monoisotopic (exact) mass is 369 g/mol. The molecule has 0 aliphatic heterocycles. The number of halogens is 1. The van der Waals surface area contributed by atoms with Crippen LogP contribution in [0.2, 0.25) is 5.02 Å². The molecule has 4 rings (SSSR count). The van der Waals surface area contributed by atoms with Gasteiger partial charge in [-0.1, -0.05) is 46.7 Å². The minimum Gasteiger partial charge on any atom is -0.338 e. The van der Waals surface area contributed by atoms with E-state index in [-0.39, 0.29) is 0 Å². The fourth-order valence-corrected chi connectivity index (χ4v) is 3.14. The number of nitrogens with zero attached hydrogens (tertiary/aromatic N) is 5. The molecule has 2 heterocycles. The van der Waals surface area contributed by atoms with Crippen LogP contribution < -0.4 is 0 Å². The van der Waals surface area contributed by atoms with Gasteiger partial charge in [-0.05, 0) is 36.4 Å². The lowest BCUT2D eigenvalue weighted by atomic mass is 10.2. The highest BCUT2D eigenvalue weighted by molar-refractivity contribution is 7.98. The van der Waals surface area contributed by atoms with Crippen molar-refractivity contribution in [3.63, 3.8) is 0 Å². The SMILES string of the molecule is Clc1ccc(-c2noc(CSc3nncn3-c3ccccc3)n2)cc1. The van der Waals surface area contributed by atoms with Crippen molar-refractivity contribution in [1.29, 1.82) is 0 Å². The molecule has 2 aromatic heterocycles. The van der Waals surface area contributed by atoms with E-state index in [0.717, 1.165) is 16.4 Å². The molecule has 0 bridgehead atoms. The molecule has 6 nitrogen and oxygen atoms in total. The van der Waals surface area contributed by atoms with Gasteiger partial charge in [0.15, 0.2) is 5.16 Å². The predicted octanol–water partition coefficient (Wildman–Crippen LogP) is 4.26. The third-order valence-corrected chi connectivity index (χ3v) is 4.63. The van der Waals surface area contributed by atoms with E-state index in [9.17, 15) is 0 Å². The highest BCUT2D eigenvalue weighted by Crippen LogP contribution is 2.24. The van der Waals surface area contributed by atoms with Crippen molar-refractivity contribution in [3.8, 4) is 17.1 Å². The summed E-state index contributed by atoms with van der Waals surface area (Å²) in [6.07, 6.45) is 1.69. The number of hydrogen-bond acceptors (Lipinski definition) is 6. The molecular weight excluding hydrogens is 358 g/mol. The standard InChI is InChI=1S/C17H12ClN5OS/c18-13-8-6-12(7-9-13)16-20-15(24-22-16)10-25-17-21-19-11-23(17)14-4-2-1-3-5-14/h1-9,11H,10H2. The van der Waals surface area contributed by atoms with Crippen molar-refractivity contribution < 1.29 is 4.52 Å². The van der Waals surface area contributed by atoms with Gasteiger partial charge in [-0.25, -0.2) is 0 Å². The molecule has 25 heavy (non-hydrogen) atoms. The van der Waals surface area contributed by atoms with Crippen molar-refractivity contribution >= 4 is 23.4 Å². The Morgan fingerprint density at radius 2 is 1.84 bits per heavy atom. The van der Waals surface area contributed by atoms with Crippen LogP contribution in [0.25, 0.3) is 17.1 Å². The van der Waals surface area contributed by atoms with Gasteiger partial charge < -0.3 is 4.52 Å². The summed E-state index contributed by atoms with van der Waals surface area (Å²) in [5, 5.41) is 13.6. The number of benzene rings is 2. The van der Waals surface area contributed by atoms with Gasteiger partial charge in [0.05, 0.1) is 5.75 Å². The third kappa shape index (κ3) is 3.57. The fourth-order valence-electron chi connectivity index (χ4n) is 2.24. The molecule has 8 heteroatoms. The average Bonchev–Trinajstić information content (AvgIpc) is 3.31. The fraction of sp³-hybridized carbons (Fsp3) is 0.0588. The molecule has 0 spiro atoms. The Bertz CT molecular complexity index is 968. The first-order chi connectivity index (χ1) is 12.3. The average molecular weight is 370 g/mol. The second-order valence-electron chi connectivity index (χ2n) is 5.13. The molecule has 0 radical (unpaired) electrons. The molecule has 0 atom stereocenters. The first-order valence-corrected chi connectivity index (χ1v) is 8.83. The predicted molar refractivity (Wildman–Crippen MR) is 95.7 cm³/mol. The van der Waals surface area contributed by atoms with Crippen molar-refractivity contribution in [2.45, 2.75) is 10.9 Å². The summed E-state index contributed by atoms with van der Waals surface area (Å²) in [4.78, 5) is 4.41. The van der Waals surface area contributed by atoms with Crippen molar-refractivity contribution in [1.82, 2.24) is 24.9 Å². The largest absolute Gasteiger partial charge is 0.338 e. The lowest BCUT2D eigenvalue weighted by molar-refractivity contribution is 0.391. The van der Waals surface area contributed by atoms with Gasteiger partial charge in [0.1, 0.15) is 6.33 Å². The van der Waals surface area contributed by atoms with Gasteiger partial charge >= 0.3 is 0 Å². The molecule has 0 unspecified atom stereocenters. The molecular formula is C17H12ClN5OS. The molecule has 0 N–H and O–H groups in total. The summed E-state index contributed by atoms with van der Waals surface area (Å²) >= 11 is 7.38. The van der Waals surface area contributed by atoms with Crippen LogP contribution >= 0.6 is 23.4 Å². The minimum atomic E-state index is 0.506. The zero-order valence-electron chi connectivity index (χ0n) is 12.9. The molecule has 4 aromatic rings. The van der Waals surface area contributed by atoms with Crippen molar-refractivity contribution in [2.24, 2.45) is 0 Å². The maximum absolute atomic E-state index is 5.89. The number of aromatic nitrogens is 5. The molecule has 0 fully saturated rings. The maximum Gasteiger partial charge on any atom is 0.237 e. The summed E-state index contributed by atoms with van der Waals surface area (Å²) in [7, 11) is 0. The van der Waals surface area contributed by atoms with Gasteiger partial charge in [0.2, 0.25) is 11.7 Å². The van der Waals surface area contributed by atoms with Crippen LogP contribution in [0.15, 0.2) is 70.6 Å². The smallest absolute Gasteiger partial charge is 0.237 e. The molecule has 0 aliphatic rings. The Morgan fingerprint density at radius 1 is 1.04 bits per heavy atom. The zero-order valence-corrected chi connectivity index (χ0v) is 14.5. The van der Waals surface area contributed by atoms with Gasteiger partial charge in [-0.2, -0.15) is 4.98 Å². The van der Waals surface area contributed by atoms with Crippen LogP contribution in [0.1, 0.15) is 5.89 Å². The van der Waals surface area contributed by atoms with Gasteiger partial charge in [0.25, 0.3) is 0 Å². The molecule has 0 saturated carbocycles. The van der Waals surface area contributed by atoms with E-state index >= 15 is 0 Å². The summed E-state index contributed by atoms with van der Waals surface area (Å²) in [5.74, 6) is 1.57. The Balaban J connectivity index is 1.48. The van der Waals surface area contributed by atoms with E-state index in [1.165, 1.54) is 11.8 Å². The highest BCUT2D eigenvalue weighted by atomic mass is 35.5. The number of hydrogen-bond donors (Lipinski definition) is 0. The second kappa shape index (κ2) is 7.08. The summed E-state index contributed by atoms with van der Waals surface area (Å²) in [6, 6.07) is 17.2. The maximum atomic E-state index is 5.89. The lowest BCUT2D eigenvalue weighted by Crippen LogP contribution is -1.94.